The predicted octanol–water partition coefficient (Wildman–Crippen LogP) is 3.09. The Hall–Kier alpha value is -4.04. The molecule has 0 saturated carbocycles. The largest absolute Gasteiger partial charge is 0.343 e. The topological polar surface area (TPSA) is 94.6 Å². The molecule has 2 heterocycles. The lowest BCUT2D eigenvalue weighted by atomic mass is 10.0. The minimum absolute atomic E-state index is 0.0689. The summed E-state index contributed by atoms with van der Waals surface area (Å²) in [6.45, 7) is 1.74. The highest BCUT2D eigenvalue weighted by atomic mass is 16.2. The number of rotatable bonds is 13. The highest BCUT2D eigenvalue weighted by Gasteiger charge is 2.35. The van der Waals surface area contributed by atoms with Crippen LogP contribution in [-0.2, 0) is 22.4 Å². The van der Waals surface area contributed by atoms with Crippen LogP contribution in [0.15, 0.2) is 85.2 Å². The van der Waals surface area contributed by atoms with Crippen LogP contribution in [0.2, 0.25) is 0 Å². The average molecular weight is 542 g/mol. The van der Waals surface area contributed by atoms with Crippen molar-refractivity contribution in [2.45, 2.75) is 44.2 Å². The second-order valence-corrected chi connectivity index (χ2v) is 10.2. The van der Waals surface area contributed by atoms with Crippen LogP contribution >= 0.6 is 0 Å². The van der Waals surface area contributed by atoms with Gasteiger partial charge in [0.25, 0.3) is 5.91 Å². The van der Waals surface area contributed by atoms with Gasteiger partial charge in [0, 0.05) is 43.6 Å². The zero-order valence-corrected chi connectivity index (χ0v) is 23.2. The van der Waals surface area contributed by atoms with E-state index in [9.17, 15) is 14.4 Å². The minimum atomic E-state index is -0.629. The molecule has 0 spiro atoms. The van der Waals surface area contributed by atoms with Crippen molar-refractivity contribution in [1.82, 2.24) is 25.4 Å². The lowest BCUT2D eigenvalue weighted by Crippen LogP contribution is -2.53. The van der Waals surface area contributed by atoms with Crippen molar-refractivity contribution >= 4 is 17.7 Å². The van der Waals surface area contributed by atoms with Crippen LogP contribution in [0.5, 0.6) is 0 Å². The van der Waals surface area contributed by atoms with E-state index in [1.54, 1.807) is 31.6 Å². The molecule has 8 nitrogen and oxygen atoms in total. The standard InChI is InChI=1S/C32H39N5O3/c1-33-23-30(38)35-29(15-14-25-9-4-2-5-10-25)32(40)37-21-8-13-28(37)24-36(22-18-26-11-6-3-7-12-26)31(39)27-16-19-34-20-17-27/h2-7,9-12,16-17,19-20,28-29,33H,8,13-15,18,21-24H2,1H3,(H,35,38)/t28-,29-/m0/s1. The van der Waals surface area contributed by atoms with Crippen LogP contribution in [-0.4, -0.2) is 77.8 Å². The van der Waals surface area contributed by atoms with Gasteiger partial charge in [-0.05, 0) is 62.4 Å². The van der Waals surface area contributed by atoms with Gasteiger partial charge in [0.1, 0.15) is 6.04 Å². The molecule has 1 saturated heterocycles. The number of hydrogen-bond acceptors (Lipinski definition) is 5. The average Bonchev–Trinajstić information content (AvgIpc) is 3.46. The number of likely N-dealkylation sites (N-methyl/N-ethyl adjacent to an activating group) is 1. The molecule has 0 radical (unpaired) electrons. The van der Waals surface area contributed by atoms with Gasteiger partial charge in [0.15, 0.2) is 0 Å². The summed E-state index contributed by atoms with van der Waals surface area (Å²) in [6, 6.07) is 22.8. The molecular formula is C32H39N5O3. The summed E-state index contributed by atoms with van der Waals surface area (Å²) in [4.78, 5) is 47.8. The maximum absolute atomic E-state index is 13.9. The Bertz CT molecular complexity index is 1220. The number of amides is 3. The van der Waals surface area contributed by atoms with E-state index in [0.717, 1.165) is 30.4 Å². The molecule has 8 heteroatoms. The fourth-order valence-electron chi connectivity index (χ4n) is 5.25. The van der Waals surface area contributed by atoms with E-state index < -0.39 is 6.04 Å². The second-order valence-electron chi connectivity index (χ2n) is 10.2. The Balaban J connectivity index is 1.49. The molecule has 0 unspecified atom stereocenters. The van der Waals surface area contributed by atoms with Gasteiger partial charge in [-0.25, -0.2) is 0 Å². The summed E-state index contributed by atoms with van der Waals surface area (Å²) in [6.07, 6.45) is 6.83. The van der Waals surface area contributed by atoms with Crippen LogP contribution in [0.1, 0.15) is 40.7 Å². The lowest BCUT2D eigenvalue weighted by molar-refractivity contribution is -0.137. The van der Waals surface area contributed by atoms with Crippen molar-refractivity contribution in [2.75, 3.05) is 33.2 Å². The van der Waals surface area contributed by atoms with Crippen LogP contribution in [0.25, 0.3) is 0 Å². The molecule has 0 aliphatic carbocycles. The number of pyridine rings is 1. The van der Waals surface area contributed by atoms with Crippen molar-refractivity contribution in [1.29, 1.82) is 0 Å². The summed E-state index contributed by atoms with van der Waals surface area (Å²) in [5, 5.41) is 5.81. The molecule has 2 N–H and O–H groups in total. The quantitative estimate of drug-likeness (QED) is 0.347. The first-order chi connectivity index (χ1) is 19.5. The number of benzene rings is 2. The van der Waals surface area contributed by atoms with Crippen LogP contribution in [0.3, 0.4) is 0 Å². The van der Waals surface area contributed by atoms with Gasteiger partial charge in [-0.1, -0.05) is 60.7 Å². The molecule has 210 valence electrons. The van der Waals surface area contributed by atoms with E-state index in [1.165, 1.54) is 0 Å². The Labute approximate surface area is 236 Å². The third-order valence-electron chi connectivity index (χ3n) is 7.35. The summed E-state index contributed by atoms with van der Waals surface area (Å²) in [5.74, 6) is -0.357. The number of aryl methyl sites for hydroxylation is 1. The van der Waals surface area contributed by atoms with Crippen molar-refractivity contribution in [3.05, 3.63) is 102 Å². The predicted molar refractivity (Wildman–Crippen MR) is 156 cm³/mol. The zero-order chi connectivity index (χ0) is 28.2. The van der Waals surface area contributed by atoms with Crippen molar-refractivity contribution in [3.63, 3.8) is 0 Å². The van der Waals surface area contributed by atoms with E-state index in [-0.39, 0.29) is 30.3 Å². The van der Waals surface area contributed by atoms with Crippen molar-refractivity contribution in [2.24, 2.45) is 0 Å². The molecule has 2 aromatic carbocycles. The first kappa shape index (κ1) is 29.0. The molecular weight excluding hydrogens is 502 g/mol. The van der Waals surface area contributed by atoms with Gasteiger partial charge in [0.2, 0.25) is 11.8 Å². The highest BCUT2D eigenvalue weighted by Crippen LogP contribution is 2.22. The monoisotopic (exact) mass is 541 g/mol. The molecule has 1 fully saturated rings. The van der Waals surface area contributed by atoms with Crippen LogP contribution < -0.4 is 10.6 Å². The fourth-order valence-corrected chi connectivity index (χ4v) is 5.25. The second kappa shape index (κ2) is 14.9. The number of nitrogens with one attached hydrogen (secondary N) is 2. The first-order valence-electron chi connectivity index (χ1n) is 14.1. The Morgan fingerprint density at radius 3 is 2.25 bits per heavy atom. The van der Waals surface area contributed by atoms with E-state index in [2.05, 4.69) is 27.8 Å². The molecule has 1 aromatic heterocycles. The molecule has 3 amide bonds. The van der Waals surface area contributed by atoms with E-state index in [0.29, 0.717) is 38.0 Å². The van der Waals surface area contributed by atoms with E-state index >= 15 is 0 Å². The van der Waals surface area contributed by atoms with Crippen molar-refractivity contribution < 1.29 is 14.4 Å². The Morgan fingerprint density at radius 1 is 0.950 bits per heavy atom. The Kier molecular flexibility index (Phi) is 10.8. The van der Waals surface area contributed by atoms with Gasteiger partial charge in [-0.3, -0.25) is 19.4 Å². The van der Waals surface area contributed by atoms with Crippen molar-refractivity contribution in [3.8, 4) is 0 Å². The van der Waals surface area contributed by atoms with E-state index in [4.69, 9.17) is 0 Å². The zero-order valence-electron chi connectivity index (χ0n) is 23.2. The minimum Gasteiger partial charge on any atom is -0.343 e. The molecule has 4 rings (SSSR count). The lowest BCUT2D eigenvalue weighted by Gasteiger charge is -2.33. The van der Waals surface area contributed by atoms with Gasteiger partial charge >= 0.3 is 0 Å². The summed E-state index contributed by atoms with van der Waals surface area (Å²) in [5.41, 5.74) is 2.86. The highest BCUT2D eigenvalue weighted by molar-refractivity contribution is 5.94. The maximum Gasteiger partial charge on any atom is 0.254 e. The summed E-state index contributed by atoms with van der Waals surface area (Å²) < 4.78 is 0. The molecule has 1 aliphatic heterocycles. The number of aromatic nitrogens is 1. The normalized spacial score (nSPS) is 15.4. The Morgan fingerprint density at radius 2 is 1.60 bits per heavy atom. The third kappa shape index (κ3) is 8.23. The number of carbonyl (C=O) groups excluding carboxylic acids is 3. The summed E-state index contributed by atoms with van der Waals surface area (Å²) in [7, 11) is 1.71. The summed E-state index contributed by atoms with van der Waals surface area (Å²) >= 11 is 0. The maximum atomic E-state index is 13.9. The van der Waals surface area contributed by atoms with Crippen LogP contribution in [0.4, 0.5) is 0 Å². The smallest absolute Gasteiger partial charge is 0.254 e. The number of hydrogen-bond donors (Lipinski definition) is 2. The third-order valence-corrected chi connectivity index (χ3v) is 7.35. The van der Waals surface area contributed by atoms with Gasteiger partial charge < -0.3 is 20.4 Å². The fraction of sp³-hybridized carbons (Fsp3) is 0.375. The van der Waals surface area contributed by atoms with Crippen LogP contribution in [0, 0.1) is 0 Å². The molecule has 2 atom stereocenters. The molecule has 3 aromatic rings. The number of nitrogens with zero attached hydrogens (tertiary/aromatic N) is 3. The van der Waals surface area contributed by atoms with Gasteiger partial charge in [-0.2, -0.15) is 0 Å². The molecule has 40 heavy (non-hydrogen) atoms. The molecule has 1 aliphatic rings. The van der Waals surface area contributed by atoms with E-state index in [1.807, 2.05) is 58.3 Å². The number of likely N-dealkylation sites (tertiary alicyclic amines) is 1. The first-order valence-corrected chi connectivity index (χ1v) is 14.1. The number of carbonyl (C=O) groups is 3. The van der Waals surface area contributed by atoms with Gasteiger partial charge in [0.05, 0.1) is 6.54 Å². The molecule has 0 bridgehead atoms. The SMILES string of the molecule is CNCC(=O)N[C@@H](CCc1ccccc1)C(=O)N1CCC[C@H]1CN(CCc1ccccc1)C(=O)c1ccncc1. The van der Waals surface area contributed by atoms with Gasteiger partial charge in [-0.15, -0.1) is 0 Å².